The number of phenols is 1. The van der Waals surface area contributed by atoms with Gasteiger partial charge in [0.2, 0.25) is 0 Å². The summed E-state index contributed by atoms with van der Waals surface area (Å²) >= 11 is 5.36. The van der Waals surface area contributed by atoms with Crippen LogP contribution in [0.5, 0.6) is 5.75 Å². The topological polar surface area (TPSA) is 56.7 Å². The number of nitrogens with one attached hydrogen (secondary N) is 2. The van der Waals surface area contributed by atoms with Crippen LogP contribution in [0.25, 0.3) is 0 Å². The molecule has 5 heteroatoms. The van der Waals surface area contributed by atoms with Crippen molar-refractivity contribution in [2.75, 3.05) is 0 Å². The fourth-order valence-corrected chi connectivity index (χ4v) is 4.87. The lowest BCUT2D eigenvalue weighted by atomic mass is 9.79. The monoisotopic (exact) mass is 327 g/mol. The van der Waals surface area contributed by atoms with Gasteiger partial charge in [-0.3, -0.25) is 5.43 Å². The molecule has 0 aliphatic heterocycles. The Morgan fingerprint density at radius 3 is 3.00 bits per heavy atom. The number of nitrogens with zero attached hydrogens (tertiary/aromatic N) is 1. The van der Waals surface area contributed by atoms with Gasteiger partial charge in [-0.25, -0.2) is 0 Å². The third-order valence-electron chi connectivity index (χ3n) is 5.63. The highest BCUT2D eigenvalue weighted by Gasteiger charge is 2.52. The van der Waals surface area contributed by atoms with Crippen molar-refractivity contribution in [3.05, 3.63) is 42.0 Å². The second-order valence-corrected chi connectivity index (χ2v) is 7.22. The summed E-state index contributed by atoms with van der Waals surface area (Å²) in [6.45, 7) is 0. The zero-order chi connectivity index (χ0) is 15.8. The number of fused-ring (bicyclic) bond motifs is 5. The number of aromatic hydroxyl groups is 1. The van der Waals surface area contributed by atoms with E-state index in [2.05, 4.69) is 28.0 Å². The first-order chi connectivity index (χ1) is 11.2. The van der Waals surface area contributed by atoms with Crippen LogP contribution in [0.1, 0.15) is 24.8 Å². The predicted molar refractivity (Wildman–Crippen MR) is 95.3 cm³/mol. The molecular formula is C18H21N3OS. The van der Waals surface area contributed by atoms with Gasteiger partial charge in [-0.05, 0) is 67.3 Å². The number of thiocarbonyl (C=S) groups is 1. The van der Waals surface area contributed by atoms with E-state index in [4.69, 9.17) is 12.2 Å². The average molecular weight is 327 g/mol. The molecular weight excluding hydrogens is 306 g/mol. The Bertz CT molecular complexity index is 672. The molecule has 0 radical (unpaired) electrons. The number of rotatable bonds is 3. The smallest absolute Gasteiger partial charge is 0.187 e. The van der Waals surface area contributed by atoms with E-state index in [-0.39, 0.29) is 5.75 Å². The van der Waals surface area contributed by atoms with Gasteiger partial charge >= 0.3 is 0 Å². The maximum atomic E-state index is 9.69. The molecule has 1 aromatic carbocycles. The van der Waals surface area contributed by atoms with Crippen LogP contribution in [0.4, 0.5) is 0 Å². The maximum absolute atomic E-state index is 9.69. The van der Waals surface area contributed by atoms with Gasteiger partial charge < -0.3 is 10.4 Å². The van der Waals surface area contributed by atoms with Crippen LogP contribution in [0.2, 0.25) is 0 Å². The summed E-state index contributed by atoms with van der Waals surface area (Å²) in [7, 11) is 0. The van der Waals surface area contributed by atoms with Crippen LogP contribution in [-0.2, 0) is 0 Å². The Kier molecular flexibility index (Phi) is 3.81. The molecule has 3 aliphatic carbocycles. The van der Waals surface area contributed by atoms with Crippen molar-refractivity contribution < 1.29 is 5.11 Å². The summed E-state index contributed by atoms with van der Waals surface area (Å²) in [6.07, 6.45) is 10.2. The van der Waals surface area contributed by atoms with Crippen LogP contribution in [0.3, 0.4) is 0 Å². The number of phenolic OH excluding ortho intramolecular Hbond substituents is 1. The van der Waals surface area contributed by atoms with Crippen LogP contribution in [0.15, 0.2) is 41.5 Å². The molecule has 0 amide bonds. The fourth-order valence-electron chi connectivity index (χ4n) is 4.67. The molecule has 0 heterocycles. The highest BCUT2D eigenvalue weighted by molar-refractivity contribution is 7.80. The Labute approximate surface area is 141 Å². The summed E-state index contributed by atoms with van der Waals surface area (Å²) < 4.78 is 0. The standard InChI is InChI=1S/C18H21N3OS/c22-17-7-2-1-4-11(17)10-19-21-18(23)20-16-9-12-8-15(16)14-6-3-5-13(12)14/h1-4,6-7,10,12-16,22H,5,8-9H2,(H2,20,21,23)/b19-10-/t12-,13-,14+,15-,16+/m1/s1. The Balaban J connectivity index is 1.31. The van der Waals surface area contributed by atoms with E-state index in [0.29, 0.717) is 22.6 Å². The largest absolute Gasteiger partial charge is 0.507 e. The minimum absolute atomic E-state index is 0.212. The first-order valence-corrected chi connectivity index (χ1v) is 8.67. The second kappa shape index (κ2) is 5.96. The quantitative estimate of drug-likeness (QED) is 0.346. The van der Waals surface area contributed by atoms with Crippen LogP contribution >= 0.6 is 12.2 Å². The molecule has 5 atom stereocenters. The molecule has 4 rings (SSSR count). The average Bonchev–Trinajstić information content (AvgIpc) is 3.21. The molecule has 2 saturated carbocycles. The Morgan fingerprint density at radius 1 is 1.26 bits per heavy atom. The van der Waals surface area contributed by atoms with E-state index in [0.717, 1.165) is 17.8 Å². The van der Waals surface area contributed by atoms with Crippen molar-refractivity contribution in [1.82, 2.24) is 10.7 Å². The molecule has 0 unspecified atom stereocenters. The normalized spacial score (nSPS) is 34.0. The molecule has 0 saturated heterocycles. The summed E-state index contributed by atoms with van der Waals surface area (Å²) in [4.78, 5) is 0. The highest BCUT2D eigenvalue weighted by Crippen LogP contribution is 2.56. The lowest BCUT2D eigenvalue weighted by Gasteiger charge is -2.32. The number of benzene rings is 1. The van der Waals surface area contributed by atoms with Gasteiger partial charge in [-0.15, -0.1) is 0 Å². The SMILES string of the molecule is Oc1ccccc1/C=N\NC(=S)N[C@H]1C[C@H]2C[C@@H]1[C@H]1C=CC[C@H]21. The van der Waals surface area contributed by atoms with E-state index in [9.17, 15) is 5.11 Å². The molecule has 4 nitrogen and oxygen atoms in total. The minimum Gasteiger partial charge on any atom is -0.507 e. The van der Waals surface area contributed by atoms with Crippen molar-refractivity contribution in [2.24, 2.45) is 28.8 Å². The van der Waals surface area contributed by atoms with Crippen molar-refractivity contribution in [3.8, 4) is 5.75 Å². The van der Waals surface area contributed by atoms with Gasteiger partial charge in [0.05, 0.1) is 6.21 Å². The number of hydrazone groups is 1. The summed E-state index contributed by atoms with van der Waals surface area (Å²) in [5.74, 6) is 3.41. The van der Waals surface area contributed by atoms with E-state index in [1.165, 1.54) is 19.3 Å². The van der Waals surface area contributed by atoms with Gasteiger partial charge in [0, 0.05) is 11.6 Å². The molecule has 1 aromatic rings. The van der Waals surface area contributed by atoms with Gasteiger partial charge in [-0.2, -0.15) is 5.10 Å². The summed E-state index contributed by atoms with van der Waals surface area (Å²) in [5, 5.41) is 17.8. The third kappa shape index (κ3) is 2.74. The number of allylic oxidation sites excluding steroid dienone is 2. The van der Waals surface area contributed by atoms with Crippen molar-refractivity contribution in [3.63, 3.8) is 0 Å². The lowest BCUT2D eigenvalue weighted by molar-refractivity contribution is 0.246. The van der Waals surface area contributed by atoms with Crippen molar-refractivity contribution in [1.29, 1.82) is 0 Å². The first-order valence-electron chi connectivity index (χ1n) is 8.26. The van der Waals surface area contributed by atoms with E-state index in [1.807, 2.05) is 6.07 Å². The first kappa shape index (κ1) is 14.7. The van der Waals surface area contributed by atoms with E-state index in [1.54, 1.807) is 24.4 Å². The zero-order valence-corrected chi connectivity index (χ0v) is 13.7. The molecule has 2 fully saturated rings. The molecule has 0 aromatic heterocycles. The minimum atomic E-state index is 0.212. The number of hydrogen-bond acceptors (Lipinski definition) is 3. The maximum Gasteiger partial charge on any atom is 0.187 e. The molecule has 120 valence electrons. The molecule has 0 spiro atoms. The zero-order valence-electron chi connectivity index (χ0n) is 12.9. The second-order valence-electron chi connectivity index (χ2n) is 6.81. The molecule has 2 bridgehead atoms. The number of para-hydroxylation sites is 1. The van der Waals surface area contributed by atoms with Crippen LogP contribution < -0.4 is 10.7 Å². The Morgan fingerprint density at radius 2 is 2.13 bits per heavy atom. The highest BCUT2D eigenvalue weighted by atomic mass is 32.1. The van der Waals surface area contributed by atoms with Gasteiger partial charge in [0.1, 0.15) is 5.75 Å². The lowest BCUT2D eigenvalue weighted by Crippen LogP contribution is -2.45. The molecule has 3 aliphatic rings. The van der Waals surface area contributed by atoms with Crippen molar-refractivity contribution in [2.45, 2.75) is 25.3 Å². The summed E-state index contributed by atoms with van der Waals surface area (Å²) in [6, 6.07) is 7.55. The van der Waals surface area contributed by atoms with Crippen molar-refractivity contribution >= 4 is 23.5 Å². The summed E-state index contributed by atoms with van der Waals surface area (Å²) in [5.41, 5.74) is 3.53. The van der Waals surface area contributed by atoms with Gasteiger partial charge in [-0.1, -0.05) is 24.3 Å². The molecule has 23 heavy (non-hydrogen) atoms. The van der Waals surface area contributed by atoms with Gasteiger partial charge in [0.15, 0.2) is 5.11 Å². The molecule has 3 N–H and O–H groups in total. The van der Waals surface area contributed by atoms with Crippen LogP contribution in [0, 0.1) is 23.7 Å². The van der Waals surface area contributed by atoms with E-state index < -0.39 is 0 Å². The Hall–Kier alpha value is -1.88. The van der Waals surface area contributed by atoms with Gasteiger partial charge in [0.25, 0.3) is 0 Å². The van der Waals surface area contributed by atoms with Crippen LogP contribution in [-0.4, -0.2) is 22.5 Å². The predicted octanol–water partition coefficient (Wildman–Crippen LogP) is 2.79. The third-order valence-corrected chi connectivity index (χ3v) is 5.84. The number of hydrogen-bond donors (Lipinski definition) is 3. The fraction of sp³-hybridized carbons (Fsp3) is 0.444. The van der Waals surface area contributed by atoms with E-state index >= 15 is 0 Å².